The highest BCUT2D eigenvalue weighted by molar-refractivity contribution is 5.94. The molecule has 1 N–H and O–H groups in total. The second-order valence-corrected chi connectivity index (χ2v) is 7.39. The first-order valence-electron chi connectivity index (χ1n) is 10.7. The molecule has 7 nitrogen and oxygen atoms in total. The van der Waals surface area contributed by atoms with Crippen LogP contribution in [0.25, 0.3) is 0 Å². The van der Waals surface area contributed by atoms with Crippen molar-refractivity contribution >= 4 is 17.5 Å². The van der Waals surface area contributed by atoms with Gasteiger partial charge in [0.2, 0.25) is 5.91 Å². The number of piperidine rings is 1. The monoisotopic (exact) mass is 414 g/mol. The minimum atomic E-state index is -0.137. The Morgan fingerprint density at radius 2 is 1.77 bits per heavy atom. The molecule has 0 spiro atoms. The summed E-state index contributed by atoms with van der Waals surface area (Å²) in [7, 11) is 0. The van der Waals surface area contributed by atoms with Crippen LogP contribution in [0.2, 0.25) is 0 Å². The molecule has 1 aliphatic heterocycles. The van der Waals surface area contributed by atoms with Crippen molar-refractivity contribution in [3.8, 4) is 11.5 Å². The Hall–Kier alpha value is -2.96. The van der Waals surface area contributed by atoms with Crippen molar-refractivity contribution in [1.29, 1.82) is 0 Å². The summed E-state index contributed by atoms with van der Waals surface area (Å²) in [5, 5.41) is 2.99. The Labute approximate surface area is 177 Å². The minimum absolute atomic E-state index is 0.0382. The van der Waals surface area contributed by atoms with E-state index in [0.29, 0.717) is 62.1 Å². The molecule has 0 aliphatic carbocycles. The van der Waals surface area contributed by atoms with Gasteiger partial charge in [0.25, 0.3) is 5.91 Å². The molecule has 30 heavy (non-hydrogen) atoms. The Morgan fingerprint density at radius 1 is 1.07 bits per heavy atom. The Bertz CT molecular complexity index is 826. The lowest BCUT2D eigenvalue weighted by molar-refractivity contribution is -0.121. The molecular weight excluding hydrogens is 384 g/mol. The number of hydrogen-bond donors (Lipinski definition) is 1. The molecule has 2 aromatic rings. The lowest BCUT2D eigenvalue weighted by Crippen LogP contribution is -2.41. The highest BCUT2D eigenvalue weighted by atomic mass is 16.5. The van der Waals surface area contributed by atoms with Gasteiger partial charge in [-0.25, -0.2) is 0 Å². The van der Waals surface area contributed by atoms with Crippen LogP contribution in [0, 0.1) is 5.92 Å². The number of furan rings is 1. The molecule has 1 aromatic heterocycles. The van der Waals surface area contributed by atoms with Crippen LogP contribution in [0.3, 0.4) is 0 Å². The lowest BCUT2D eigenvalue weighted by atomic mass is 9.95. The van der Waals surface area contributed by atoms with Gasteiger partial charge in [0.1, 0.15) is 0 Å². The van der Waals surface area contributed by atoms with E-state index in [-0.39, 0.29) is 17.7 Å². The van der Waals surface area contributed by atoms with E-state index in [4.69, 9.17) is 13.9 Å². The topological polar surface area (TPSA) is 81.0 Å². The maximum Gasteiger partial charge on any atom is 0.289 e. The average Bonchev–Trinajstić information content (AvgIpc) is 3.31. The number of ether oxygens (including phenoxy) is 2. The van der Waals surface area contributed by atoms with Crippen molar-refractivity contribution < 1.29 is 23.5 Å². The van der Waals surface area contributed by atoms with Crippen LogP contribution in [0.15, 0.2) is 41.0 Å². The van der Waals surface area contributed by atoms with Crippen LogP contribution in [-0.4, -0.2) is 43.0 Å². The van der Waals surface area contributed by atoms with Gasteiger partial charge in [-0.05, 0) is 49.9 Å². The van der Waals surface area contributed by atoms with E-state index in [1.807, 2.05) is 25.1 Å². The number of carbonyl (C=O) groups is 2. The Morgan fingerprint density at radius 3 is 2.40 bits per heavy atom. The van der Waals surface area contributed by atoms with Crippen molar-refractivity contribution in [1.82, 2.24) is 4.90 Å². The summed E-state index contributed by atoms with van der Waals surface area (Å²) in [6, 6.07) is 8.84. The molecule has 1 saturated heterocycles. The highest BCUT2D eigenvalue weighted by Gasteiger charge is 2.29. The summed E-state index contributed by atoms with van der Waals surface area (Å²) in [6.07, 6.45) is 4.53. The van der Waals surface area contributed by atoms with Crippen molar-refractivity contribution in [3.05, 3.63) is 42.4 Å². The predicted molar refractivity (Wildman–Crippen MR) is 114 cm³/mol. The van der Waals surface area contributed by atoms with Crippen molar-refractivity contribution in [2.45, 2.75) is 39.5 Å². The standard InChI is InChI=1S/C23H30N2O5/c1-3-13-28-19-8-7-18(16-21(19)29-14-4-2)24-22(26)17-9-11-25(12-10-17)23(27)20-6-5-15-30-20/h5-8,15-17H,3-4,9-14H2,1-2H3,(H,24,26). The van der Waals surface area contributed by atoms with Gasteiger partial charge < -0.3 is 24.1 Å². The molecule has 0 bridgehead atoms. The third-order valence-electron chi connectivity index (χ3n) is 5.02. The normalized spacial score (nSPS) is 14.4. The molecule has 1 fully saturated rings. The number of nitrogens with zero attached hydrogens (tertiary/aromatic N) is 1. The van der Waals surface area contributed by atoms with Gasteiger partial charge >= 0.3 is 0 Å². The Balaban J connectivity index is 1.57. The van der Waals surface area contributed by atoms with Crippen LogP contribution < -0.4 is 14.8 Å². The summed E-state index contributed by atoms with van der Waals surface area (Å²) < 4.78 is 16.7. The maximum atomic E-state index is 12.7. The van der Waals surface area contributed by atoms with Crippen LogP contribution in [0.4, 0.5) is 5.69 Å². The van der Waals surface area contributed by atoms with E-state index >= 15 is 0 Å². The smallest absolute Gasteiger partial charge is 0.289 e. The van der Waals surface area contributed by atoms with Crippen LogP contribution in [0.1, 0.15) is 50.1 Å². The van der Waals surface area contributed by atoms with Crippen molar-refractivity contribution in [2.75, 3.05) is 31.6 Å². The SMILES string of the molecule is CCCOc1ccc(NC(=O)C2CCN(C(=O)c3ccco3)CC2)cc1OCCC. The van der Waals surface area contributed by atoms with E-state index in [1.54, 1.807) is 17.0 Å². The fourth-order valence-corrected chi connectivity index (χ4v) is 3.39. The molecule has 7 heteroatoms. The highest BCUT2D eigenvalue weighted by Crippen LogP contribution is 2.31. The number of likely N-dealkylation sites (tertiary alicyclic amines) is 1. The minimum Gasteiger partial charge on any atom is -0.490 e. The maximum absolute atomic E-state index is 12.7. The number of amides is 2. The summed E-state index contributed by atoms with van der Waals surface area (Å²) in [5.41, 5.74) is 0.684. The average molecular weight is 415 g/mol. The molecule has 0 unspecified atom stereocenters. The predicted octanol–water partition coefficient (Wildman–Crippen LogP) is 4.35. The van der Waals surface area contributed by atoms with E-state index in [0.717, 1.165) is 12.8 Å². The third kappa shape index (κ3) is 5.55. The van der Waals surface area contributed by atoms with E-state index in [2.05, 4.69) is 12.2 Å². The Kier molecular flexibility index (Phi) is 7.76. The summed E-state index contributed by atoms with van der Waals surface area (Å²) >= 11 is 0. The lowest BCUT2D eigenvalue weighted by Gasteiger charge is -2.30. The first-order chi connectivity index (χ1) is 14.6. The van der Waals surface area contributed by atoms with Gasteiger partial charge in [0, 0.05) is 30.8 Å². The fourth-order valence-electron chi connectivity index (χ4n) is 3.39. The second kappa shape index (κ2) is 10.7. The first kappa shape index (κ1) is 21.7. The number of carbonyl (C=O) groups excluding carboxylic acids is 2. The van der Waals surface area contributed by atoms with Crippen LogP contribution in [0.5, 0.6) is 11.5 Å². The molecule has 1 aromatic carbocycles. The van der Waals surface area contributed by atoms with E-state index in [1.165, 1.54) is 6.26 Å². The number of benzene rings is 1. The van der Waals surface area contributed by atoms with Gasteiger partial charge in [-0.2, -0.15) is 0 Å². The molecule has 0 saturated carbocycles. The largest absolute Gasteiger partial charge is 0.490 e. The van der Waals surface area contributed by atoms with Crippen molar-refractivity contribution in [3.63, 3.8) is 0 Å². The fraction of sp³-hybridized carbons (Fsp3) is 0.478. The van der Waals surface area contributed by atoms with Gasteiger partial charge in [0.15, 0.2) is 17.3 Å². The number of nitrogens with one attached hydrogen (secondary N) is 1. The number of rotatable bonds is 9. The quantitative estimate of drug-likeness (QED) is 0.660. The van der Waals surface area contributed by atoms with Crippen molar-refractivity contribution in [2.24, 2.45) is 5.92 Å². The molecule has 3 rings (SSSR count). The van der Waals surface area contributed by atoms with Crippen LogP contribution >= 0.6 is 0 Å². The van der Waals surface area contributed by atoms with Crippen LogP contribution in [-0.2, 0) is 4.79 Å². The van der Waals surface area contributed by atoms with E-state index < -0.39 is 0 Å². The molecular formula is C23H30N2O5. The number of anilines is 1. The summed E-state index contributed by atoms with van der Waals surface area (Å²) in [4.78, 5) is 26.9. The summed E-state index contributed by atoms with van der Waals surface area (Å²) in [6.45, 7) is 6.36. The molecule has 2 amide bonds. The zero-order chi connectivity index (χ0) is 21.3. The van der Waals surface area contributed by atoms with E-state index in [9.17, 15) is 9.59 Å². The zero-order valence-corrected chi connectivity index (χ0v) is 17.7. The molecule has 0 atom stereocenters. The summed E-state index contributed by atoms with van der Waals surface area (Å²) in [5.74, 6) is 1.36. The molecule has 0 radical (unpaired) electrons. The third-order valence-corrected chi connectivity index (χ3v) is 5.02. The second-order valence-electron chi connectivity index (χ2n) is 7.39. The van der Waals surface area contributed by atoms with Gasteiger partial charge in [-0.15, -0.1) is 0 Å². The molecule has 2 heterocycles. The molecule has 1 aliphatic rings. The van der Waals surface area contributed by atoms with Gasteiger partial charge in [0.05, 0.1) is 19.5 Å². The first-order valence-corrected chi connectivity index (χ1v) is 10.7. The molecule has 162 valence electrons. The van der Waals surface area contributed by atoms with Gasteiger partial charge in [-0.1, -0.05) is 13.8 Å². The number of hydrogen-bond acceptors (Lipinski definition) is 5. The van der Waals surface area contributed by atoms with Gasteiger partial charge in [-0.3, -0.25) is 9.59 Å². The zero-order valence-electron chi connectivity index (χ0n) is 17.7.